The second-order valence-electron chi connectivity index (χ2n) is 6.92. The molecule has 4 aromatic rings. The van der Waals surface area contributed by atoms with E-state index < -0.39 is 10.0 Å². The highest BCUT2D eigenvalue weighted by Gasteiger charge is 2.16. The number of benzene rings is 2. The molecule has 0 aliphatic rings. The van der Waals surface area contributed by atoms with Crippen LogP contribution in [0.2, 0.25) is 0 Å². The molecular formula is C23H21N3O4S2. The van der Waals surface area contributed by atoms with E-state index in [1.165, 1.54) is 24.3 Å². The minimum absolute atomic E-state index is 0.110. The maximum absolute atomic E-state index is 12.7. The van der Waals surface area contributed by atoms with Crippen LogP contribution in [-0.4, -0.2) is 33.0 Å². The normalized spacial score (nSPS) is 11.4. The van der Waals surface area contributed by atoms with E-state index in [-0.39, 0.29) is 10.8 Å². The predicted octanol–water partition coefficient (Wildman–Crippen LogP) is 4.08. The SMILES string of the molecule is COc1ccc(NC(=O)c2ccc(S(=O)(=O)NCCc3cccs3)cc2)c2cccnc12. The number of thiophene rings is 1. The molecule has 0 aliphatic carbocycles. The number of hydrogen-bond acceptors (Lipinski definition) is 6. The van der Waals surface area contributed by atoms with Gasteiger partial charge in [0.2, 0.25) is 10.0 Å². The Morgan fingerprint density at radius 3 is 2.59 bits per heavy atom. The summed E-state index contributed by atoms with van der Waals surface area (Å²) in [6, 6.07) is 16.9. The third-order valence-electron chi connectivity index (χ3n) is 4.87. The lowest BCUT2D eigenvalue weighted by Crippen LogP contribution is -2.26. The summed E-state index contributed by atoms with van der Waals surface area (Å²) in [7, 11) is -2.09. The Hall–Kier alpha value is -3.27. The summed E-state index contributed by atoms with van der Waals surface area (Å²) in [6.07, 6.45) is 2.28. The molecule has 0 aliphatic heterocycles. The van der Waals surface area contributed by atoms with Crippen LogP contribution in [0.25, 0.3) is 10.9 Å². The van der Waals surface area contributed by atoms with E-state index >= 15 is 0 Å². The molecule has 0 atom stereocenters. The van der Waals surface area contributed by atoms with E-state index in [1.54, 1.807) is 42.8 Å². The first-order valence-electron chi connectivity index (χ1n) is 9.83. The average molecular weight is 468 g/mol. The van der Waals surface area contributed by atoms with Crippen molar-refractivity contribution in [3.63, 3.8) is 0 Å². The third-order valence-corrected chi connectivity index (χ3v) is 7.28. The first-order valence-corrected chi connectivity index (χ1v) is 12.2. The number of nitrogens with zero attached hydrogens (tertiary/aromatic N) is 1. The second kappa shape index (κ2) is 9.47. The average Bonchev–Trinajstić information content (AvgIpc) is 3.33. The van der Waals surface area contributed by atoms with Gasteiger partial charge in [-0.25, -0.2) is 13.1 Å². The Bertz CT molecular complexity index is 1340. The minimum Gasteiger partial charge on any atom is -0.494 e. The second-order valence-corrected chi connectivity index (χ2v) is 9.72. The molecule has 0 fully saturated rings. The zero-order valence-electron chi connectivity index (χ0n) is 17.2. The van der Waals surface area contributed by atoms with Gasteiger partial charge < -0.3 is 10.1 Å². The molecule has 0 saturated carbocycles. The minimum atomic E-state index is -3.65. The van der Waals surface area contributed by atoms with Gasteiger partial charge in [-0.05, 0) is 66.4 Å². The van der Waals surface area contributed by atoms with Gasteiger partial charge >= 0.3 is 0 Å². The number of amides is 1. The molecule has 2 N–H and O–H groups in total. The van der Waals surface area contributed by atoms with Crippen LogP contribution in [0.4, 0.5) is 5.69 Å². The van der Waals surface area contributed by atoms with E-state index in [1.807, 2.05) is 23.6 Å². The van der Waals surface area contributed by atoms with Crippen molar-refractivity contribution in [1.82, 2.24) is 9.71 Å². The Balaban J connectivity index is 1.46. The standard InChI is InChI=1S/C23H21N3O4S2/c1-30-21-11-10-20(19-5-2-13-24-22(19)21)26-23(27)16-6-8-18(9-7-16)32(28,29)25-14-12-17-4-3-15-31-17/h2-11,13,15,25H,12,14H2,1H3,(H,26,27). The van der Waals surface area contributed by atoms with Crippen LogP contribution in [-0.2, 0) is 16.4 Å². The molecule has 0 spiro atoms. The maximum Gasteiger partial charge on any atom is 0.255 e. The number of anilines is 1. The molecule has 0 saturated heterocycles. The van der Waals surface area contributed by atoms with Crippen molar-refractivity contribution in [3.8, 4) is 5.75 Å². The van der Waals surface area contributed by atoms with Crippen LogP contribution in [0.5, 0.6) is 5.75 Å². The van der Waals surface area contributed by atoms with Gasteiger partial charge in [0.1, 0.15) is 11.3 Å². The molecule has 4 rings (SSSR count). The zero-order valence-corrected chi connectivity index (χ0v) is 18.9. The number of nitrogens with one attached hydrogen (secondary N) is 2. The molecule has 7 nitrogen and oxygen atoms in total. The number of ether oxygens (including phenoxy) is 1. The number of carbonyl (C=O) groups excluding carboxylic acids is 1. The van der Waals surface area contributed by atoms with Gasteiger partial charge in [-0.1, -0.05) is 6.07 Å². The number of carbonyl (C=O) groups is 1. The fourth-order valence-corrected chi connectivity index (χ4v) is 4.99. The summed E-state index contributed by atoms with van der Waals surface area (Å²) in [6.45, 7) is 0.309. The van der Waals surface area contributed by atoms with Crippen molar-refractivity contribution in [2.45, 2.75) is 11.3 Å². The lowest BCUT2D eigenvalue weighted by Gasteiger charge is -2.11. The van der Waals surface area contributed by atoms with Crippen molar-refractivity contribution >= 4 is 43.9 Å². The lowest BCUT2D eigenvalue weighted by molar-refractivity contribution is 0.102. The quantitative estimate of drug-likeness (QED) is 0.407. The smallest absolute Gasteiger partial charge is 0.255 e. The Morgan fingerprint density at radius 2 is 1.88 bits per heavy atom. The van der Waals surface area contributed by atoms with Crippen molar-refractivity contribution in [1.29, 1.82) is 0 Å². The van der Waals surface area contributed by atoms with Crippen LogP contribution in [0.15, 0.2) is 77.1 Å². The summed E-state index contributed by atoms with van der Waals surface area (Å²) < 4.78 is 32.9. The fraction of sp³-hybridized carbons (Fsp3) is 0.130. The Kier molecular flexibility index (Phi) is 6.50. The molecule has 9 heteroatoms. The number of hydrogen-bond donors (Lipinski definition) is 2. The highest BCUT2D eigenvalue weighted by molar-refractivity contribution is 7.89. The third kappa shape index (κ3) is 4.80. The van der Waals surface area contributed by atoms with Crippen molar-refractivity contribution in [2.75, 3.05) is 19.0 Å². The summed E-state index contributed by atoms with van der Waals surface area (Å²) in [5, 5.41) is 5.56. The van der Waals surface area contributed by atoms with Gasteiger partial charge in [0.25, 0.3) is 5.91 Å². The molecule has 32 heavy (non-hydrogen) atoms. The number of aromatic nitrogens is 1. The van der Waals surface area contributed by atoms with Gasteiger partial charge in [-0.2, -0.15) is 0 Å². The Labute approximate surface area is 190 Å². The molecule has 2 aromatic carbocycles. The first kappa shape index (κ1) is 21.9. The maximum atomic E-state index is 12.7. The highest BCUT2D eigenvalue weighted by atomic mass is 32.2. The van der Waals surface area contributed by atoms with Gasteiger partial charge in [0.05, 0.1) is 17.7 Å². The van der Waals surface area contributed by atoms with Gasteiger partial charge in [-0.3, -0.25) is 9.78 Å². The van der Waals surface area contributed by atoms with Gasteiger partial charge in [0, 0.05) is 28.6 Å². The number of pyridine rings is 1. The summed E-state index contributed by atoms with van der Waals surface area (Å²) in [4.78, 5) is 18.3. The molecule has 2 aromatic heterocycles. The van der Waals surface area contributed by atoms with Crippen LogP contribution in [0.1, 0.15) is 15.2 Å². The number of fused-ring (bicyclic) bond motifs is 1. The number of sulfonamides is 1. The summed E-state index contributed by atoms with van der Waals surface area (Å²) in [5.74, 6) is 0.259. The van der Waals surface area contributed by atoms with Crippen molar-refractivity contribution in [3.05, 3.63) is 82.7 Å². The monoisotopic (exact) mass is 467 g/mol. The highest BCUT2D eigenvalue weighted by Crippen LogP contribution is 2.30. The molecule has 1 amide bonds. The van der Waals surface area contributed by atoms with E-state index in [0.29, 0.717) is 35.5 Å². The largest absolute Gasteiger partial charge is 0.494 e. The molecule has 2 heterocycles. The van der Waals surface area contributed by atoms with Crippen LogP contribution in [0, 0.1) is 0 Å². The van der Waals surface area contributed by atoms with E-state index in [4.69, 9.17) is 4.74 Å². The molecule has 0 radical (unpaired) electrons. The van der Waals surface area contributed by atoms with Crippen LogP contribution >= 0.6 is 11.3 Å². The lowest BCUT2D eigenvalue weighted by atomic mass is 10.1. The summed E-state index contributed by atoms with van der Waals surface area (Å²) >= 11 is 1.59. The van der Waals surface area contributed by atoms with Gasteiger partial charge in [-0.15, -0.1) is 11.3 Å². The number of methoxy groups -OCH3 is 1. The fourth-order valence-electron chi connectivity index (χ4n) is 3.25. The van der Waals surface area contributed by atoms with Crippen molar-refractivity contribution < 1.29 is 17.9 Å². The molecule has 164 valence electrons. The van der Waals surface area contributed by atoms with Crippen LogP contribution < -0.4 is 14.8 Å². The summed E-state index contributed by atoms with van der Waals surface area (Å²) in [5.41, 5.74) is 1.57. The van der Waals surface area contributed by atoms with E-state index in [0.717, 1.165) is 10.3 Å². The van der Waals surface area contributed by atoms with Crippen LogP contribution in [0.3, 0.4) is 0 Å². The predicted molar refractivity (Wildman–Crippen MR) is 126 cm³/mol. The molecular weight excluding hydrogens is 446 g/mol. The zero-order chi connectivity index (χ0) is 22.6. The number of rotatable bonds is 8. The Morgan fingerprint density at radius 1 is 1.06 bits per heavy atom. The van der Waals surface area contributed by atoms with E-state index in [2.05, 4.69) is 15.0 Å². The van der Waals surface area contributed by atoms with Crippen molar-refractivity contribution in [2.24, 2.45) is 0 Å². The molecule has 0 bridgehead atoms. The molecule has 0 unspecified atom stereocenters. The van der Waals surface area contributed by atoms with E-state index in [9.17, 15) is 13.2 Å². The topological polar surface area (TPSA) is 97.4 Å². The first-order chi connectivity index (χ1) is 15.5. The van der Waals surface area contributed by atoms with Gasteiger partial charge in [0.15, 0.2) is 0 Å².